The van der Waals surface area contributed by atoms with E-state index in [4.69, 9.17) is 22.7 Å². The first-order chi connectivity index (χ1) is 8.18. The number of pyridine rings is 1. The van der Waals surface area contributed by atoms with Gasteiger partial charge in [-0.1, -0.05) is 18.3 Å². The molecule has 1 fully saturated rings. The second kappa shape index (κ2) is 5.20. The van der Waals surface area contributed by atoms with Crippen molar-refractivity contribution in [3.05, 3.63) is 29.6 Å². The second-order valence-electron chi connectivity index (χ2n) is 3.74. The molecule has 1 aliphatic rings. The van der Waals surface area contributed by atoms with Gasteiger partial charge in [-0.3, -0.25) is 9.78 Å². The van der Waals surface area contributed by atoms with E-state index in [9.17, 15) is 4.79 Å². The third-order valence-corrected chi connectivity index (χ3v) is 2.76. The average molecular weight is 251 g/mol. The molecule has 6 heteroatoms. The van der Waals surface area contributed by atoms with Crippen molar-refractivity contribution in [2.24, 2.45) is 5.73 Å². The van der Waals surface area contributed by atoms with Crippen LogP contribution in [0.1, 0.15) is 11.3 Å². The lowest BCUT2D eigenvalue weighted by atomic mass is 10.1. The normalized spacial score (nSPS) is 16.0. The van der Waals surface area contributed by atoms with Crippen LogP contribution in [0.5, 0.6) is 0 Å². The Labute approximate surface area is 105 Å². The van der Waals surface area contributed by atoms with Gasteiger partial charge in [-0.05, 0) is 6.07 Å². The molecule has 0 bridgehead atoms. The van der Waals surface area contributed by atoms with Gasteiger partial charge in [0.05, 0.1) is 6.61 Å². The van der Waals surface area contributed by atoms with E-state index in [1.54, 1.807) is 11.1 Å². The number of thiocarbonyl (C=S) groups is 1. The summed E-state index contributed by atoms with van der Waals surface area (Å²) in [5.41, 5.74) is 7.05. The van der Waals surface area contributed by atoms with Crippen molar-refractivity contribution < 1.29 is 9.53 Å². The van der Waals surface area contributed by atoms with Gasteiger partial charge in [-0.25, -0.2) is 0 Å². The predicted molar refractivity (Wildman–Crippen MR) is 66.4 cm³/mol. The van der Waals surface area contributed by atoms with Crippen molar-refractivity contribution in [1.29, 1.82) is 0 Å². The second-order valence-corrected chi connectivity index (χ2v) is 4.18. The number of carbonyl (C=O) groups excluding carboxylic acids is 1. The fraction of sp³-hybridized carbons (Fsp3) is 0.364. The lowest BCUT2D eigenvalue weighted by Crippen LogP contribution is -2.41. The molecule has 1 aromatic rings. The van der Waals surface area contributed by atoms with Crippen LogP contribution in [0.3, 0.4) is 0 Å². The van der Waals surface area contributed by atoms with E-state index in [1.807, 2.05) is 12.1 Å². The highest BCUT2D eigenvalue weighted by Crippen LogP contribution is 2.11. The molecule has 2 N–H and O–H groups in total. The smallest absolute Gasteiger partial charge is 0.248 e. The van der Waals surface area contributed by atoms with Gasteiger partial charge >= 0.3 is 0 Å². The number of nitrogens with zero attached hydrogens (tertiary/aromatic N) is 2. The van der Waals surface area contributed by atoms with E-state index in [2.05, 4.69) is 4.98 Å². The van der Waals surface area contributed by atoms with E-state index < -0.39 is 0 Å². The molecule has 2 heterocycles. The van der Waals surface area contributed by atoms with E-state index in [0.717, 1.165) is 5.56 Å². The van der Waals surface area contributed by atoms with Crippen molar-refractivity contribution in [1.82, 2.24) is 9.88 Å². The molecule has 1 amide bonds. The van der Waals surface area contributed by atoms with Crippen molar-refractivity contribution in [3.8, 4) is 0 Å². The summed E-state index contributed by atoms with van der Waals surface area (Å²) in [6, 6.07) is 3.69. The number of nitrogens with two attached hydrogens (primary N) is 1. The Morgan fingerprint density at radius 3 is 3.18 bits per heavy atom. The third kappa shape index (κ3) is 2.78. The Balaban J connectivity index is 2.17. The maximum Gasteiger partial charge on any atom is 0.248 e. The van der Waals surface area contributed by atoms with Crippen LogP contribution >= 0.6 is 12.2 Å². The Bertz CT molecular complexity index is 450. The Kier molecular flexibility index (Phi) is 3.65. The van der Waals surface area contributed by atoms with Gasteiger partial charge in [0.25, 0.3) is 0 Å². The van der Waals surface area contributed by atoms with Crippen LogP contribution < -0.4 is 5.73 Å². The first-order valence-corrected chi connectivity index (χ1v) is 5.68. The minimum absolute atomic E-state index is 0.0195. The van der Waals surface area contributed by atoms with E-state index in [-0.39, 0.29) is 17.5 Å². The quantitative estimate of drug-likeness (QED) is 0.770. The topological polar surface area (TPSA) is 68.4 Å². The molecular formula is C11H13N3O2S. The van der Waals surface area contributed by atoms with Crippen molar-refractivity contribution >= 4 is 23.1 Å². The number of amides is 1. The van der Waals surface area contributed by atoms with Crippen LogP contribution in [0.25, 0.3) is 0 Å². The van der Waals surface area contributed by atoms with E-state index >= 15 is 0 Å². The van der Waals surface area contributed by atoms with Gasteiger partial charge in [0, 0.05) is 24.8 Å². The zero-order chi connectivity index (χ0) is 12.3. The zero-order valence-corrected chi connectivity index (χ0v) is 10.1. The Morgan fingerprint density at radius 1 is 1.65 bits per heavy atom. The summed E-state index contributed by atoms with van der Waals surface area (Å²) in [5.74, 6) is -0.0195. The van der Waals surface area contributed by atoms with E-state index in [0.29, 0.717) is 25.4 Å². The molecule has 0 aromatic carbocycles. The minimum atomic E-state index is -0.0195. The standard InChI is InChI=1S/C11H13N3O2S/c12-11(17)10-8(2-1-3-13-10)6-14-4-5-16-7-9(14)15/h1-3H,4-7H2,(H2,12,17). The maximum atomic E-state index is 11.6. The van der Waals surface area contributed by atoms with Gasteiger partial charge in [0.15, 0.2) is 0 Å². The lowest BCUT2D eigenvalue weighted by molar-refractivity contribution is -0.143. The van der Waals surface area contributed by atoms with Crippen LogP contribution in [-0.4, -0.2) is 40.5 Å². The van der Waals surface area contributed by atoms with Gasteiger partial charge in [-0.2, -0.15) is 0 Å². The first-order valence-electron chi connectivity index (χ1n) is 5.27. The summed E-state index contributed by atoms with van der Waals surface area (Å²) in [6.45, 7) is 1.77. The molecule has 17 heavy (non-hydrogen) atoms. The fourth-order valence-corrected chi connectivity index (χ4v) is 1.89. The number of aromatic nitrogens is 1. The van der Waals surface area contributed by atoms with Crippen molar-refractivity contribution in [3.63, 3.8) is 0 Å². The summed E-state index contributed by atoms with van der Waals surface area (Å²) >= 11 is 4.93. The molecule has 0 unspecified atom stereocenters. The van der Waals surface area contributed by atoms with Crippen LogP contribution in [0, 0.1) is 0 Å². The van der Waals surface area contributed by atoms with Crippen LogP contribution in [0.2, 0.25) is 0 Å². The molecule has 1 saturated heterocycles. The SMILES string of the molecule is NC(=S)c1ncccc1CN1CCOCC1=O. The predicted octanol–water partition coefficient (Wildman–Crippen LogP) is 0.0746. The minimum Gasteiger partial charge on any atom is -0.388 e. The molecule has 1 aliphatic heterocycles. The van der Waals surface area contributed by atoms with Crippen molar-refractivity contribution in [2.45, 2.75) is 6.54 Å². The van der Waals surface area contributed by atoms with Crippen LogP contribution in [0.4, 0.5) is 0 Å². The van der Waals surface area contributed by atoms with Gasteiger partial charge in [-0.15, -0.1) is 0 Å². The highest BCUT2D eigenvalue weighted by Gasteiger charge is 2.20. The van der Waals surface area contributed by atoms with E-state index in [1.165, 1.54) is 0 Å². The Morgan fingerprint density at radius 2 is 2.47 bits per heavy atom. The molecule has 0 atom stereocenters. The highest BCUT2D eigenvalue weighted by atomic mass is 32.1. The van der Waals surface area contributed by atoms with Gasteiger partial charge < -0.3 is 15.4 Å². The largest absolute Gasteiger partial charge is 0.388 e. The van der Waals surface area contributed by atoms with Crippen LogP contribution in [0.15, 0.2) is 18.3 Å². The summed E-state index contributed by atoms with van der Waals surface area (Å²) in [4.78, 5) is 17.7. The first kappa shape index (κ1) is 11.9. The molecule has 1 aromatic heterocycles. The van der Waals surface area contributed by atoms with Gasteiger partial charge in [0.1, 0.15) is 17.3 Å². The number of hydrogen-bond acceptors (Lipinski definition) is 4. The summed E-state index contributed by atoms with van der Waals surface area (Å²) in [6.07, 6.45) is 1.64. The van der Waals surface area contributed by atoms with Gasteiger partial charge in [0.2, 0.25) is 5.91 Å². The maximum absolute atomic E-state index is 11.6. The number of hydrogen-bond donors (Lipinski definition) is 1. The fourth-order valence-electron chi connectivity index (χ4n) is 1.71. The highest BCUT2D eigenvalue weighted by molar-refractivity contribution is 7.80. The summed E-state index contributed by atoms with van der Waals surface area (Å²) in [7, 11) is 0. The number of carbonyl (C=O) groups is 1. The molecule has 5 nitrogen and oxygen atoms in total. The zero-order valence-electron chi connectivity index (χ0n) is 9.26. The summed E-state index contributed by atoms with van der Waals surface area (Å²) in [5, 5.41) is 0. The Hall–Kier alpha value is -1.53. The molecule has 0 radical (unpaired) electrons. The molecule has 0 spiro atoms. The molecule has 0 saturated carbocycles. The molecular weight excluding hydrogens is 238 g/mol. The summed E-state index contributed by atoms with van der Waals surface area (Å²) < 4.78 is 5.07. The van der Waals surface area contributed by atoms with Crippen LogP contribution in [-0.2, 0) is 16.1 Å². The number of rotatable bonds is 3. The lowest BCUT2D eigenvalue weighted by Gasteiger charge is -2.27. The van der Waals surface area contributed by atoms with Crippen molar-refractivity contribution in [2.75, 3.05) is 19.8 Å². The number of morpholine rings is 1. The molecule has 2 rings (SSSR count). The molecule has 90 valence electrons. The third-order valence-electron chi connectivity index (χ3n) is 2.57. The monoisotopic (exact) mass is 251 g/mol. The number of ether oxygens (including phenoxy) is 1. The molecule has 0 aliphatic carbocycles. The average Bonchev–Trinajstić information content (AvgIpc) is 2.32.